The van der Waals surface area contributed by atoms with E-state index in [1.807, 2.05) is 0 Å². The third kappa shape index (κ3) is 5.05. The van der Waals surface area contributed by atoms with Crippen LogP contribution in [-0.4, -0.2) is 26.9 Å². The molecule has 2 aromatic rings. The van der Waals surface area contributed by atoms with Crippen molar-refractivity contribution < 1.29 is 17.3 Å². The molecule has 0 radical (unpaired) electrons. The number of benzene rings is 2. The number of rotatable bonds is 6. The Morgan fingerprint density at radius 1 is 1.32 bits per heavy atom. The molecule has 25 heavy (non-hydrogen) atoms. The minimum atomic E-state index is -4.05. The van der Waals surface area contributed by atoms with E-state index >= 15 is 0 Å². The van der Waals surface area contributed by atoms with Crippen LogP contribution < -0.4 is 20.1 Å². The highest BCUT2D eigenvalue weighted by molar-refractivity contribution is 7.87. The Hall–Kier alpha value is -2.36. The van der Waals surface area contributed by atoms with Gasteiger partial charge in [0.15, 0.2) is 10.9 Å². The second-order valence-corrected chi connectivity index (χ2v) is 7.01. The van der Waals surface area contributed by atoms with E-state index in [0.717, 1.165) is 0 Å². The zero-order valence-electron chi connectivity index (χ0n) is 13.0. The average Bonchev–Trinajstić information content (AvgIpc) is 2.57. The fraction of sp³-hybridized carbons (Fsp3) is 0.0667. The van der Waals surface area contributed by atoms with Gasteiger partial charge in [-0.05, 0) is 42.0 Å². The van der Waals surface area contributed by atoms with Crippen LogP contribution in [0.25, 0.3) is 0 Å². The first-order valence-electron chi connectivity index (χ1n) is 6.79. The van der Waals surface area contributed by atoms with E-state index in [4.69, 9.17) is 26.3 Å². The standard InChI is InChI=1S/C15H14ClN3O4S2/c1-22-13-8-10(9-18-19-15(17)24)7-12(16)14(13)23-25(20,21)11-5-3-2-4-6-11/h2-9H,1H3,(H3,17,19,24). The fourth-order valence-corrected chi connectivity index (χ4v) is 3.14. The van der Waals surface area contributed by atoms with Crippen molar-refractivity contribution in [3.05, 3.63) is 53.1 Å². The van der Waals surface area contributed by atoms with Gasteiger partial charge in [-0.25, -0.2) is 0 Å². The predicted octanol–water partition coefficient (Wildman–Crippen LogP) is 2.28. The van der Waals surface area contributed by atoms with E-state index in [-0.39, 0.29) is 26.5 Å². The third-order valence-corrected chi connectivity index (χ3v) is 4.47. The summed E-state index contributed by atoms with van der Waals surface area (Å²) in [5.41, 5.74) is 8.18. The summed E-state index contributed by atoms with van der Waals surface area (Å²) in [7, 11) is -2.69. The Morgan fingerprint density at radius 3 is 2.60 bits per heavy atom. The van der Waals surface area contributed by atoms with Gasteiger partial charge in [0.25, 0.3) is 0 Å². The zero-order chi connectivity index (χ0) is 18.4. The largest absolute Gasteiger partial charge is 0.493 e. The maximum Gasteiger partial charge on any atom is 0.339 e. The molecular weight excluding hydrogens is 386 g/mol. The topological polar surface area (TPSA) is 103 Å². The van der Waals surface area contributed by atoms with E-state index < -0.39 is 10.1 Å². The highest BCUT2D eigenvalue weighted by Gasteiger charge is 2.21. The van der Waals surface area contributed by atoms with Crippen LogP contribution in [0.15, 0.2) is 52.5 Å². The Labute approximate surface area is 155 Å². The van der Waals surface area contributed by atoms with E-state index in [2.05, 4.69) is 22.7 Å². The van der Waals surface area contributed by atoms with Gasteiger partial charge in [-0.15, -0.1) is 0 Å². The molecule has 0 aromatic heterocycles. The first kappa shape index (κ1) is 19.0. The van der Waals surface area contributed by atoms with Crippen molar-refractivity contribution >= 4 is 45.3 Å². The summed E-state index contributed by atoms with van der Waals surface area (Å²) < 4.78 is 35.0. The molecule has 0 amide bonds. The first-order valence-corrected chi connectivity index (χ1v) is 8.98. The Kier molecular flexibility index (Phi) is 6.18. The van der Waals surface area contributed by atoms with Crippen molar-refractivity contribution in [3.8, 4) is 11.5 Å². The number of halogens is 1. The maximum atomic E-state index is 12.4. The zero-order valence-corrected chi connectivity index (χ0v) is 15.4. The van der Waals surface area contributed by atoms with Gasteiger partial charge in [-0.1, -0.05) is 29.8 Å². The van der Waals surface area contributed by atoms with E-state index in [9.17, 15) is 8.42 Å². The SMILES string of the molecule is COc1cc(C=NNC(N)=S)cc(Cl)c1OS(=O)(=O)c1ccccc1. The normalized spacial score (nSPS) is 11.3. The molecule has 3 N–H and O–H groups in total. The maximum absolute atomic E-state index is 12.4. The van der Waals surface area contributed by atoms with Crippen molar-refractivity contribution in [3.63, 3.8) is 0 Å². The molecule has 7 nitrogen and oxygen atoms in total. The Bertz CT molecular complexity index is 902. The van der Waals surface area contributed by atoms with Crippen LogP contribution >= 0.6 is 23.8 Å². The second-order valence-electron chi connectivity index (χ2n) is 4.62. The summed E-state index contributed by atoms with van der Waals surface area (Å²) in [4.78, 5) is -0.000540. The van der Waals surface area contributed by atoms with Crippen LogP contribution in [0.3, 0.4) is 0 Å². The second kappa shape index (κ2) is 8.15. The molecule has 0 saturated heterocycles. The van der Waals surface area contributed by atoms with Crippen molar-refractivity contribution in [2.75, 3.05) is 7.11 Å². The Morgan fingerprint density at radius 2 is 2.00 bits per heavy atom. The summed E-state index contributed by atoms with van der Waals surface area (Å²) in [5, 5.41) is 3.84. The monoisotopic (exact) mass is 399 g/mol. The van der Waals surface area contributed by atoms with Gasteiger partial charge in [0.2, 0.25) is 5.75 Å². The van der Waals surface area contributed by atoms with Crippen LogP contribution in [0.1, 0.15) is 5.56 Å². The number of nitrogens with zero attached hydrogens (tertiary/aromatic N) is 1. The summed E-state index contributed by atoms with van der Waals surface area (Å²) in [6.45, 7) is 0. The quantitative estimate of drug-likeness (QED) is 0.332. The summed E-state index contributed by atoms with van der Waals surface area (Å²) in [6.07, 6.45) is 1.39. The number of ether oxygens (including phenoxy) is 1. The first-order chi connectivity index (χ1) is 11.8. The van der Waals surface area contributed by atoms with Crippen molar-refractivity contribution in [1.82, 2.24) is 5.43 Å². The smallest absolute Gasteiger partial charge is 0.339 e. The van der Waals surface area contributed by atoms with Gasteiger partial charge in [0.1, 0.15) is 4.90 Å². The molecule has 2 aromatic carbocycles. The number of nitrogens with two attached hydrogens (primary N) is 1. The molecule has 10 heteroatoms. The lowest BCUT2D eigenvalue weighted by atomic mass is 10.2. The number of methoxy groups -OCH3 is 1. The highest BCUT2D eigenvalue weighted by Crippen LogP contribution is 2.37. The number of hydrogen-bond acceptors (Lipinski definition) is 6. The lowest BCUT2D eigenvalue weighted by Gasteiger charge is -2.13. The predicted molar refractivity (Wildman–Crippen MR) is 99.8 cm³/mol. The Balaban J connectivity index is 2.35. The van der Waals surface area contributed by atoms with Crippen LogP contribution in [0.2, 0.25) is 5.02 Å². The fourth-order valence-electron chi connectivity index (χ4n) is 1.81. The van der Waals surface area contributed by atoms with Crippen LogP contribution in [0.5, 0.6) is 11.5 Å². The molecule has 0 bridgehead atoms. The summed E-state index contributed by atoms with van der Waals surface area (Å²) in [5.74, 6) is 0.0104. The molecular formula is C15H14ClN3O4S2. The molecule has 0 atom stereocenters. The van der Waals surface area contributed by atoms with Crippen molar-refractivity contribution in [1.29, 1.82) is 0 Å². The number of thiocarbonyl (C=S) groups is 1. The molecule has 2 rings (SSSR count). The lowest BCUT2D eigenvalue weighted by molar-refractivity contribution is 0.390. The molecule has 0 aliphatic carbocycles. The molecule has 0 aliphatic heterocycles. The molecule has 0 heterocycles. The number of hydrazone groups is 1. The number of nitrogens with one attached hydrogen (secondary N) is 1. The van der Waals surface area contributed by atoms with E-state index in [1.54, 1.807) is 18.2 Å². The van der Waals surface area contributed by atoms with Crippen LogP contribution in [0, 0.1) is 0 Å². The molecule has 0 fully saturated rings. The summed E-state index contributed by atoms with van der Waals surface area (Å²) in [6, 6.07) is 10.7. The lowest BCUT2D eigenvalue weighted by Crippen LogP contribution is -2.24. The van der Waals surface area contributed by atoms with Crippen LogP contribution in [0.4, 0.5) is 0 Å². The molecule has 0 saturated carbocycles. The van der Waals surface area contributed by atoms with Gasteiger partial charge in [-0.3, -0.25) is 5.43 Å². The van der Waals surface area contributed by atoms with Gasteiger partial charge in [0.05, 0.1) is 18.3 Å². The molecule has 0 spiro atoms. The minimum absolute atomic E-state index is 0.000540. The molecule has 0 unspecified atom stereocenters. The van der Waals surface area contributed by atoms with E-state index in [1.165, 1.54) is 37.6 Å². The van der Waals surface area contributed by atoms with Crippen LogP contribution in [-0.2, 0) is 10.1 Å². The van der Waals surface area contributed by atoms with Gasteiger partial charge in [-0.2, -0.15) is 13.5 Å². The van der Waals surface area contributed by atoms with Gasteiger partial charge >= 0.3 is 10.1 Å². The summed E-state index contributed by atoms with van der Waals surface area (Å²) >= 11 is 10.8. The van der Waals surface area contributed by atoms with Crippen molar-refractivity contribution in [2.45, 2.75) is 4.90 Å². The van der Waals surface area contributed by atoms with E-state index in [0.29, 0.717) is 5.56 Å². The molecule has 0 aliphatic rings. The van der Waals surface area contributed by atoms with Gasteiger partial charge in [0, 0.05) is 0 Å². The van der Waals surface area contributed by atoms with Gasteiger partial charge < -0.3 is 14.7 Å². The minimum Gasteiger partial charge on any atom is -0.493 e. The third-order valence-electron chi connectivity index (χ3n) is 2.87. The highest BCUT2D eigenvalue weighted by atomic mass is 35.5. The average molecular weight is 400 g/mol. The van der Waals surface area contributed by atoms with Crippen molar-refractivity contribution in [2.24, 2.45) is 10.8 Å². The number of hydrogen-bond donors (Lipinski definition) is 2. The molecule has 132 valence electrons.